The monoisotopic (exact) mass is 302 g/mol. The smallest absolute Gasteiger partial charge is 0.230 e. The van der Waals surface area contributed by atoms with Gasteiger partial charge < -0.3 is 14.3 Å². The van der Waals surface area contributed by atoms with Crippen molar-refractivity contribution < 1.29 is 9.21 Å². The summed E-state index contributed by atoms with van der Waals surface area (Å²) in [7, 11) is 1.95. The fraction of sp³-hybridized carbons (Fsp3) is 0.500. The molecule has 3 rings (SSSR count). The van der Waals surface area contributed by atoms with E-state index in [1.165, 1.54) is 0 Å². The average molecular weight is 302 g/mol. The van der Waals surface area contributed by atoms with Gasteiger partial charge in [-0.15, -0.1) is 0 Å². The Kier molecular flexibility index (Phi) is 4.02. The summed E-state index contributed by atoms with van der Waals surface area (Å²) in [5, 5.41) is 3.02. The van der Waals surface area contributed by atoms with Crippen LogP contribution in [0.2, 0.25) is 0 Å². The largest absolute Gasteiger partial charge is 0.472 e. The van der Waals surface area contributed by atoms with E-state index in [9.17, 15) is 4.79 Å². The summed E-state index contributed by atoms with van der Waals surface area (Å²) in [6.45, 7) is 6.17. The number of carbonyl (C=O) groups excluding carboxylic acids is 1. The molecule has 1 atom stereocenters. The number of carbonyl (C=O) groups is 1. The molecule has 0 saturated carbocycles. The summed E-state index contributed by atoms with van der Waals surface area (Å²) in [5.74, 6) is -0.123. The van der Waals surface area contributed by atoms with Crippen LogP contribution in [-0.2, 0) is 24.9 Å². The molecule has 1 aliphatic heterocycles. The lowest BCUT2D eigenvalue weighted by molar-refractivity contribution is -0.124. The number of imidazole rings is 1. The van der Waals surface area contributed by atoms with Gasteiger partial charge in [0, 0.05) is 38.3 Å². The Morgan fingerprint density at radius 1 is 1.55 bits per heavy atom. The van der Waals surface area contributed by atoms with Crippen LogP contribution in [0.3, 0.4) is 0 Å². The van der Waals surface area contributed by atoms with Gasteiger partial charge in [0.1, 0.15) is 0 Å². The highest BCUT2D eigenvalue weighted by Crippen LogP contribution is 2.28. The summed E-state index contributed by atoms with van der Waals surface area (Å²) in [5.41, 5.74) is 3.13. The summed E-state index contributed by atoms with van der Waals surface area (Å²) in [4.78, 5) is 19.3. The van der Waals surface area contributed by atoms with Crippen LogP contribution in [-0.4, -0.2) is 32.9 Å². The minimum absolute atomic E-state index is 0.0664. The molecule has 1 aliphatic rings. The Morgan fingerprint density at radius 3 is 3.05 bits per heavy atom. The first kappa shape index (κ1) is 14.8. The molecule has 0 aromatic carbocycles. The SMILES string of the molecule is CC(C)NC(=O)C1CN(Cc2ccoc2)Cc2ncn(C)c21. The van der Waals surface area contributed by atoms with Gasteiger partial charge in [-0.05, 0) is 19.9 Å². The number of nitrogens with zero attached hydrogens (tertiary/aromatic N) is 3. The van der Waals surface area contributed by atoms with Gasteiger partial charge in [0.05, 0.1) is 36.2 Å². The molecule has 0 fully saturated rings. The van der Waals surface area contributed by atoms with Gasteiger partial charge in [0.25, 0.3) is 0 Å². The maximum atomic E-state index is 12.6. The standard InChI is InChI=1S/C16H22N4O2/c1-11(2)18-16(21)13-7-20(6-12-4-5-22-9-12)8-14-15(13)19(3)10-17-14/h4-5,9-11,13H,6-8H2,1-3H3,(H,18,21). The molecule has 0 spiro atoms. The molecule has 0 aliphatic carbocycles. The third-order valence-electron chi connectivity index (χ3n) is 3.94. The van der Waals surface area contributed by atoms with Crippen molar-refractivity contribution in [2.24, 2.45) is 7.05 Å². The molecule has 3 heterocycles. The van der Waals surface area contributed by atoms with Crippen LogP contribution in [0, 0.1) is 0 Å². The molecule has 22 heavy (non-hydrogen) atoms. The number of amides is 1. The summed E-state index contributed by atoms with van der Waals surface area (Å²) >= 11 is 0. The van der Waals surface area contributed by atoms with Gasteiger partial charge in [0.15, 0.2) is 0 Å². The predicted molar refractivity (Wildman–Crippen MR) is 82.0 cm³/mol. The number of furan rings is 1. The van der Waals surface area contributed by atoms with Crippen LogP contribution in [0.5, 0.6) is 0 Å². The Bertz CT molecular complexity index is 645. The van der Waals surface area contributed by atoms with Gasteiger partial charge in [-0.2, -0.15) is 0 Å². The molecule has 0 saturated heterocycles. The fourth-order valence-electron chi connectivity index (χ4n) is 3.03. The quantitative estimate of drug-likeness (QED) is 0.932. The summed E-state index contributed by atoms with van der Waals surface area (Å²) in [6.07, 6.45) is 5.22. The second kappa shape index (κ2) is 5.96. The minimum Gasteiger partial charge on any atom is -0.472 e. The number of aromatic nitrogens is 2. The lowest BCUT2D eigenvalue weighted by atomic mass is 9.96. The van der Waals surface area contributed by atoms with Crippen molar-refractivity contribution in [3.63, 3.8) is 0 Å². The van der Waals surface area contributed by atoms with E-state index >= 15 is 0 Å². The number of fused-ring (bicyclic) bond motifs is 1. The lowest BCUT2D eigenvalue weighted by Crippen LogP contribution is -2.43. The van der Waals surface area contributed by atoms with E-state index in [1.54, 1.807) is 18.9 Å². The third kappa shape index (κ3) is 2.92. The molecule has 2 aromatic rings. The van der Waals surface area contributed by atoms with Crippen LogP contribution in [0.1, 0.15) is 36.7 Å². The van der Waals surface area contributed by atoms with Crippen LogP contribution in [0.25, 0.3) is 0 Å². The Labute approximate surface area is 130 Å². The average Bonchev–Trinajstić information content (AvgIpc) is 3.08. The highest BCUT2D eigenvalue weighted by molar-refractivity contribution is 5.84. The topological polar surface area (TPSA) is 63.3 Å². The van der Waals surface area contributed by atoms with Gasteiger partial charge in [-0.1, -0.05) is 0 Å². The molecular formula is C16H22N4O2. The van der Waals surface area contributed by atoms with E-state index in [1.807, 2.05) is 31.5 Å². The number of rotatable bonds is 4. The number of hydrogen-bond acceptors (Lipinski definition) is 4. The number of nitrogens with one attached hydrogen (secondary N) is 1. The third-order valence-corrected chi connectivity index (χ3v) is 3.94. The van der Waals surface area contributed by atoms with Crippen molar-refractivity contribution in [2.75, 3.05) is 6.54 Å². The molecular weight excluding hydrogens is 280 g/mol. The minimum atomic E-state index is -0.189. The van der Waals surface area contributed by atoms with Crippen molar-refractivity contribution in [3.05, 3.63) is 41.9 Å². The first-order chi connectivity index (χ1) is 10.5. The molecule has 1 unspecified atom stereocenters. The first-order valence-corrected chi connectivity index (χ1v) is 7.58. The molecule has 1 amide bonds. The Balaban J connectivity index is 1.83. The molecule has 0 radical (unpaired) electrons. The van der Waals surface area contributed by atoms with E-state index in [0.29, 0.717) is 6.54 Å². The summed E-state index contributed by atoms with van der Waals surface area (Å²) in [6, 6.07) is 2.09. The highest BCUT2D eigenvalue weighted by Gasteiger charge is 2.34. The Morgan fingerprint density at radius 2 is 2.36 bits per heavy atom. The predicted octanol–water partition coefficient (Wildman–Crippen LogP) is 1.64. The molecule has 118 valence electrons. The van der Waals surface area contributed by atoms with Crippen LogP contribution in [0.15, 0.2) is 29.3 Å². The van der Waals surface area contributed by atoms with Gasteiger partial charge in [0.2, 0.25) is 5.91 Å². The van der Waals surface area contributed by atoms with Gasteiger partial charge >= 0.3 is 0 Å². The zero-order chi connectivity index (χ0) is 15.7. The van der Waals surface area contributed by atoms with E-state index < -0.39 is 0 Å². The normalized spacial score (nSPS) is 18.5. The molecule has 0 bridgehead atoms. The second-order valence-electron chi connectivity index (χ2n) is 6.20. The van der Waals surface area contributed by atoms with Gasteiger partial charge in [-0.25, -0.2) is 4.98 Å². The number of hydrogen-bond donors (Lipinski definition) is 1. The van der Waals surface area contributed by atoms with Crippen LogP contribution < -0.4 is 5.32 Å². The van der Waals surface area contributed by atoms with E-state index in [-0.39, 0.29) is 17.9 Å². The first-order valence-electron chi connectivity index (χ1n) is 7.58. The van der Waals surface area contributed by atoms with E-state index in [2.05, 4.69) is 15.2 Å². The molecule has 6 nitrogen and oxygen atoms in total. The van der Waals surface area contributed by atoms with Crippen LogP contribution >= 0.6 is 0 Å². The second-order valence-corrected chi connectivity index (χ2v) is 6.20. The summed E-state index contributed by atoms with van der Waals surface area (Å²) < 4.78 is 7.10. The van der Waals surface area contributed by atoms with Crippen molar-refractivity contribution in [2.45, 2.75) is 38.9 Å². The zero-order valence-corrected chi connectivity index (χ0v) is 13.2. The maximum Gasteiger partial charge on any atom is 0.230 e. The van der Waals surface area contributed by atoms with Gasteiger partial charge in [-0.3, -0.25) is 9.69 Å². The van der Waals surface area contributed by atoms with Crippen molar-refractivity contribution >= 4 is 5.91 Å². The fourth-order valence-corrected chi connectivity index (χ4v) is 3.03. The van der Waals surface area contributed by atoms with E-state index in [0.717, 1.165) is 30.0 Å². The Hall–Kier alpha value is -2.08. The van der Waals surface area contributed by atoms with Crippen molar-refractivity contribution in [1.82, 2.24) is 19.8 Å². The molecule has 6 heteroatoms. The molecule has 1 N–H and O–H groups in total. The van der Waals surface area contributed by atoms with E-state index in [4.69, 9.17) is 4.42 Å². The lowest BCUT2D eigenvalue weighted by Gasteiger charge is -2.32. The zero-order valence-electron chi connectivity index (χ0n) is 13.2. The van der Waals surface area contributed by atoms with Crippen LogP contribution in [0.4, 0.5) is 0 Å². The number of aryl methyl sites for hydroxylation is 1. The molecule has 2 aromatic heterocycles. The highest BCUT2D eigenvalue weighted by atomic mass is 16.3. The van der Waals surface area contributed by atoms with Crippen molar-refractivity contribution in [3.8, 4) is 0 Å². The van der Waals surface area contributed by atoms with Crippen molar-refractivity contribution in [1.29, 1.82) is 0 Å². The maximum absolute atomic E-state index is 12.6.